The van der Waals surface area contributed by atoms with Gasteiger partial charge in [-0.25, -0.2) is 4.18 Å². The second-order valence-electron chi connectivity index (χ2n) is 2.06. The summed E-state index contributed by atoms with van der Waals surface area (Å²) in [4.78, 5) is 0. The van der Waals surface area contributed by atoms with E-state index in [1.54, 1.807) is 11.4 Å². The van der Waals surface area contributed by atoms with Gasteiger partial charge in [-0.1, -0.05) is 0 Å². The molecule has 0 aromatic carbocycles. The average molecular weight is 214 g/mol. The van der Waals surface area contributed by atoms with E-state index in [0.29, 0.717) is 16.3 Å². The van der Waals surface area contributed by atoms with Gasteiger partial charge in [-0.3, -0.25) is 0 Å². The highest BCUT2D eigenvalue weighted by Crippen LogP contribution is 2.32. The fraction of sp³-hybridized carbons (Fsp3) is 0.333. The van der Waals surface area contributed by atoms with E-state index in [1.165, 1.54) is 11.3 Å². The number of hydrogen-bond donors (Lipinski definition) is 0. The summed E-state index contributed by atoms with van der Waals surface area (Å²) in [5.41, 5.74) is 0.938. The Hall–Kier alpha value is -0.200. The van der Waals surface area contributed by atoms with Crippen LogP contribution in [-0.4, -0.2) is 6.36 Å². The third-order valence-electron chi connectivity index (χ3n) is 0.925. The van der Waals surface area contributed by atoms with E-state index in [2.05, 4.69) is 4.18 Å². The van der Waals surface area contributed by atoms with Gasteiger partial charge >= 0.3 is 6.36 Å². The molecule has 1 aromatic heterocycles. The van der Waals surface area contributed by atoms with E-state index in [0.717, 1.165) is 5.56 Å². The van der Waals surface area contributed by atoms with Crippen LogP contribution in [0.4, 0.5) is 13.2 Å². The molecular weight excluding hydrogens is 209 g/mol. The van der Waals surface area contributed by atoms with Gasteiger partial charge in [-0.15, -0.1) is 24.5 Å². The van der Waals surface area contributed by atoms with E-state index in [1.807, 2.05) is 6.92 Å². The minimum Gasteiger partial charge on any atom is -0.214 e. The zero-order valence-electron chi connectivity index (χ0n) is 6.01. The highest BCUT2D eigenvalue weighted by Gasteiger charge is 2.30. The summed E-state index contributed by atoms with van der Waals surface area (Å²) in [6.45, 7) is 1.81. The molecule has 0 N–H and O–H groups in total. The van der Waals surface area contributed by atoms with Gasteiger partial charge in [0.05, 0.1) is 4.21 Å². The van der Waals surface area contributed by atoms with Gasteiger partial charge in [-0.2, -0.15) is 0 Å². The van der Waals surface area contributed by atoms with Crippen molar-refractivity contribution in [1.29, 1.82) is 0 Å². The number of halogens is 3. The van der Waals surface area contributed by atoms with Crippen molar-refractivity contribution in [3.63, 3.8) is 0 Å². The zero-order valence-corrected chi connectivity index (χ0v) is 7.65. The Labute approximate surface area is 75.7 Å². The Bertz CT molecular complexity index is 256. The standard InChI is InChI=1S/C6H5F3OS2/c1-4-2-5(11-3-4)12-10-6(7,8)9/h2-3H,1H3. The molecule has 68 valence electrons. The Kier molecular flexibility index (Phi) is 3.03. The molecule has 1 nitrogen and oxygen atoms in total. The van der Waals surface area contributed by atoms with Crippen LogP contribution in [-0.2, 0) is 4.18 Å². The smallest absolute Gasteiger partial charge is 0.214 e. The number of hydrogen-bond acceptors (Lipinski definition) is 3. The first-order chi connectivity index (χ1) is 5.47. The van der Waals surface area contributed by atoms with Crippen LogP contribution in [0.1, 0.15) is 5.56 Å². The number of alkyl halides is 3. The van der Waals surface area contributed by atoms with Crippen molar-refractivity contribution < 1.29 is 17.4 Å². The lowest BCUT2D eigenvalue weighted by Gasteiger charge is -2.02. The van der Waals surface area contributed by atoms with Gasteiger partial charge in [-0.05, 0) is 23.9 Å². The lowest BCUT2D eigenvalue weighted by Crippen LogP contribution is -2.07. The lowest BCUT2D eigenvalue weighted by molar-refractivity contribution is -0.266. The van der Waals surface area contributed by atoms with Crippen LogP contribution in [0.15, 0.2) is 15.7 Å². The van der Waals surface area contributed by atoms with Crippen LogP contribution in [0.2, 0.25) is 0 Å². The normalized spacial score (nSPS) is 12.0. The van der Waals surface area contributed by atoms with Crippen LogP contribution in [0, 0.1) is 6.92 Å². The van der Waals surface area contributed by atoms with Gasteiger partial charge in [0.15, 0.2) is 0 Å². The molecular formula is C6H5F3OS2. The van der Waals surface area contributed by atoms with Gasteiger partial charge in [0, 0.05) is 12.0 Å². The summed E-state index contributed by atoms with van der Waals surface area (Å²) in [5.74, 6) is 0. The first-order valence-corrected chi connectivity index (χ1v) is 4.57. The Morgan fingerprint density at radius 3 is 2.58 bits per heavy atom. The number of thiophene rings is 1. The maximum absolute atomic E-state index is 11.5. The summed E-state index contributed by atoms with van der Waals surface area (Å²) in [7, 11) is 0. The molecule has 1 aromatic rings. The van der Waals surface area contributed by atoms with Gasteiger partial charge < -0.3 is 0 Å². The molecule has 6 heteroatoms. The summed E-state index contributed by atoms with van der Waals surface area (Å²) in [6.07, 6.45) is -4.57. The van der Waals surface area contributed by atoms with Crippen molar-refractivity contribution in [3.05, 3.63) is 17.0 Å². The van der Waals surface area contributed by atoms with E-state index in [-0.39, 0.29) is 0 Å². The highest BCUT2D eigenvalue weighted by molar-refractivity contribution is 7.96. The molecule has 0 bridgehead atoms. The van der Waals surface area contributed by atoms with Gasteiger partial charge in [0.25, 0.3) is 0 Å². The largest absolute Gasteiger partial charge is 0.534 e. The molecule has 1 heterocycles. The average Bonchev–Trinajstić information content (AvgIpc) is 2.30. The molecule has 12 heavy (non-hydrogen) atoms. The quantitative estimate of drug-likeness (QED) is 0.695. The second-order valence-corrected chi connectivity index (χ2v) is 4.00. The predicted molar refractivity (Wildman–Crippen MR) is 42.1 cm³/mol. The molecule has 0 radical (unpaired) electrons. The van der Waals surface area contributed by atoms with Crippen molar-refractivity contribution in [3.8, 4) is 0 Å². The first-order valence-electron chi connectivity index (χ1n) is 2.95. The zero-order chi connectivity index (χ0) is 9.19. The maximum atomic E-state index is 11.5. The minimum absolute atomic E-state index is 0.342. The molecule has 0 unspecified atom stereocenters. The third kappa shape index (κ3) is 3.46. The topological polar surface area (TPSA) is 9.23 Å². The summed E-state index contributed by atoms with van der Waals surface area (Å²) >= 11 is 1.57. The van der Waals surface area contributed by atoms with Crippen molar-refractivity contribution in [2.75, 3.05) is 0 Å². The number of rotatable bonds is 2. The molecule has 0 fully saturated rings. The van der Waals surface area contributed by atoms with E-state index in [4.69, 9.17) is 0 Å². The van der Waals surface area contributed by atoms with E-state index in [9.17, 15) is 13.2 Å². The van der Waals surface area contributed by atoms with Crippen LogP contribution in [0.5, 0.6) is 0 Å². The fourth-order valence-electron chi connectivity index (χ4n) is 0.537. The van der Waals surface area contributed by atoms with Gasteiger partial charge in [0.1, 0.15) is 0 Å². The Balaban J connectivity index is 2.44. The van der Waals surface area contributed by atoms with E-state index >= 15 is 0 Å². The molecule has 0 aliphatic carbocycles. The van der Waals surface area contributed by atoms with Crippen molar-refractivity contribution in [2.45, 2.75) is 17.5 Å². The summed E-state index contributed by atoms with van der Waals surface area (Å²) in [5, 5.41) is 1.77. The predicted octanol–water partition coefficient (Wildman–Crippen LogP) is 3.60. The van der Waals surface area contributed by atoms with Crippen molar-refractivity contribution >= 4 is 23.4 Å². The van der Waals surface area contributed by atoms with Crippen LogP contribution in [0.3, 0.4) is 0 Å². The summed E-state index contributed by atoms with van der Waals surface area (Å²) < 4.78 is 38.6. The van der Waals surface area contributed by atoms with Gasteiger partial charge in [0.2, 0.25) is 0 Å². The first kappa shape index (κ1) is 9.88. The van der Waals surface area contributed by atoms with Crippen molar-refractivity contribution in [2.24, 2.45) is 0 Å². The molecule has 0 aliphatic rings. The Morgan fingerprint density at radius 1 is 1.50 bits per heavy atom. The van der Waals surface area contributed by atoms with Crippen LogP contribution >= 0.6 is 23.4 Å². The molecule has 0 atom stereocenters. The summed E-state index contributed by atoms with van der Waals surface area (Å²) in [6, 6.07) is 1.64. The fourth-order valence-corrected chi connectivity index (χ4v) is 1.98. The van der Waals surface area contributed by atoms with Crippen LogP contribution < -0.4 is 0 Å². The molecule has 0 saturated carbocycles. The van der Waals surface area contributed by atoms with Crippen LogP contribution in [0.25, 0.3) is 0 Å². The minimum atomic E-state index is -4.57. The number of aryl methyl sites for hydroxylation is 1. The third-order valence-corrected chi connectivity index (χ3v) is 2.81. The molecule has 0 spiro atoms. The Morgan fingerprint density at radius 2 is 2.17 bits per heavy atom. The second kappa shape index (κ2) is 3.68. The highest BCUT2D eigenvalue weighted by atomic mass is 32.2. The molecule has 1 rings (SSSR count). The molecule has 0 saturated heterocycles. The SMILES string of the molecule is Cc1csc(SOC(F)(F)F)c1. The maximum Gasteiger partial charge on any atom is 0.534 e. The van der Waals surface area contributed by atoms with Crippen molar-refractivity contribution in [1.82, 2.24) is 0 Å². The molecule has 0 aliphatic heterocycles. The molecule has 0 amide bonds. The van der Waals surface area contributed by atoms with E-state index < -0.39 is 6.36 Å². The lowest BCUT2D eigenvalue weighted by atomic mass is 10.4. The monoisotopic (exact) mass is 214 g/mol.